The molecule has 1 aromatic heterocycles. The molecule has 0 fully saturated rings. The Hall–Kier alpha value is -0.880. The molecule has 16 heavy (non-hydrogen) atoms. The van der Waals surface area contributed by atoms with Gasteiger partial charge in [0.25, 0.3) is 0 Å². The molecule has 0 aliphatic heterocycles. The van der Waals surface area contributed by atoms with E-state index in [1.165, 1.54) is 23.5 Å². The first kappa shape index (κ1) is 11.6. The van der Waals surface area contributed by atoms with Gasteiger partial charge in [0.2, 0.25) is 0 Å². The molecule has 1 heterocycles. The molecule has 0 unspecified atom stereocenters. The van der Waals surface area contributed by atoms with Crippen LogP contribution in [0.2, 0.25) is 0 Å². The Balaban J connectivity index is 2.33. The Morgan fingerprint density at radius 2 is 1.75 bits per heavy atom. The highest BCUT2D eigenvalue weighted by molar-refractivity contribution is 9.11. The number of benzene rings is 1. The minimum absolute atomic E-state index is 0.646. The van der Waals surface area contributed by atoms with Crippen LogP contribution >= 0.6 is 27.3 Å². The molecule has 84 valence electrons. The van der Waals surface area contributed by atoms with Crippen molar-refractivity contribution in [2.45, 2.75) is 6.18 Å². The molecule has 0 atom stereocenters. The lowest BCUT2D eigenvalue weighted by Crippen LogP contribution is -2.03. The Morgan fingerprint density at radius 3 is 2.19 bits per heavy atom. The maximum Gasteiger partial charge on any atom is 0.416 e. The normalized spacial score (nSPS) is 11.8. The Bertz CT molecular complexity index is 490. The molecule has 2 rings (SSSR count). The van der Waals surface area contributed by atoms with E-state index in [0.29, 0.717) is 10.6 Å². The fourth-order valence-electron chi connectivity index (χ4n) is 1.19. The SMILES string of the molecule is FC(F)(F)c1ccc(-c2ncc(Br)s2)cc1. The molecule has 0 bridgehead atoms. The molecule has 0 radical (unpaired) electrons. The predicted molar refractivity (Wildman–Crippen MR) is 60.3 cm³/mol. The van der Waals surface area contributed by atoms with Crippen molar-refractivity contribution < 1.29 is 13.2 Å². The maximum absolute atomic E-state index is 12.3. The van der Waals surface area contributed by atoms with E-state index in [0.717, 1.165) is 15.9 Å². The fourth-order valence-corrected chi connectivity index (χ4v) is 2.40. The summed E-state index contributed by atoms with van der Waals surface area (Å²) in [6, 6.07) is 4.97. The van der Waals surface area contributed by atoms with Crippen LogP contribution in [0.15, 0.2) is 34.2 Å². The van der Waals surface area contributed by atoms with Gasteiger partial charge in [-0.25, -0.2) is 4.98 Å². The van der Waals surface area contributed by atoms with Crippen LogP contribution in [0.4, 0.5) is 13.2 Å². The van der Waals surface area contributed by atoms with Gasteiger partial charge in [-0.1, -0.05) is 12.1 Å². The number of hydrogen-bond acceptors (Lipinski definition) is 2. The molecular formula is C10H5BrF3NS. The van der Waals surface area contributed by atoms with Crippen molar-refractivity contribution >= 4 is 27.3 Å². The van der Waals surface area contributed by atoms with E-state index in [9.17, 15) is 13.2 Å². The van der Waals surface area contributed by atoms with Gasteiger partial charge >= 0.3 is 6.18 Å². The van der Waals surface area contributed by atoms with Gasteiger partial charge in [0, 0.05) is 5.56 Å². The molecular weight excluding hydrogens is 303 g/mol. The van der Waals surface area contributed by atoms with E-state index >= 15 is 0 Å². The van der Waals surface area contributed by atoms with Crippen LogP contribution in [0.5, 0.6) is 0 Å². The second kappa shape index (κ2) is 4.18. The van der Waals surface area contributed by atoms with Crippen molar-refractivity contribution in [1.29, 1.82) is 0 Å². The number of hydrogen-bond donors (Lipinski definition) is 0. The summed E-state index contributed by atoms with van der Waals surface area (Å²) >= 11 is 4.63. The van der Waals surface area contributed by atoms with Crippen molar-refractivity contribution in [3.05, 3.63) is 39.8 Å². The first-order chi connectivity index (χ1) is 7.47. The molecule has 0 saturated carbocycles. The first-order valence-corrected chi connectivity index (χ1v) is 5.87. The van der Waals surface area contributed by atoms with Crippen molar-refractivity contribution in [1.82, 2.24) is 4.98 Å². The summed E-state index contributed by atoms with van der Waals surface area (Å²) in [4.78, 5) is 4.07. The summed E-state index contributed by atoms with van der Waals surface area (Å²) in [5.41, 5.74) is 0.0376. The summed E-state index contributed by atoms with van der Waals surface area (Å²) in [5.74, 6) is 0. The molecule has 0 aliphatic carbocycles. The standard InChI is InChI=1S/C10H5BrF3NS/c11-8-5-15-9(16-8)6-1-3-7(4-2-6)10(12,13)14/h1-5H. The molecule has 0 spiro atoms. The zero-order valence-electron chi connectivity index (χ0n) is 7.75. The quantitative estimate of drug-likeness (QED) is 0.751. The minimum atomic E-state index is -4.29. The van der Waals surface area contributed by atoms with Crippen LogP contribution in [0.3, 0.4) is 0 Å². The zero-order valence-corrected chi connectivity index (χ0v) is 10.2. The summed E-state index contributed by atoms with van der Waals surface area (Å²) in [5, 5.41) is 0.695. The second-order valence-electron chi connectivity index (χ2n) is 3.04. The Kier molecular flexibility index (Phi) is 3.03. The summed E-state index contributed by atoms with van der Waals surface area (Å²) in [6.07, 6.45) is -2.67. The molecule has 0 aliphatic rings. The van der Waals surface area contributed by atoms with Gasteiger partial charge in [-0.3, -0.25) is 0 Å². The number of alkyl halides is 3. The largest absolute Gasteiger partial charge is 0.416 e. The Morgan fingerprint density at radius 1 is 1.12 bits per heavy atom. The third-order valence-corrected chi connectivity index (χ3v) is 3.46. The van der Waals surface area contributed by atoms with Gasteiger partial charge in [-0.2, -0.15) is 13.2 Å². The lowest BCUT2D eigenvalue weighted by molar-refractivity contribution is -0.137. The lowest BCUT2D eigenvalue weighted by atomic mass is 10.1. The van der Waals surface area contributed by atoms with Crippen LogP contribution in [-0.4, -0.2) is 4.98 Å². The van der Waals surface area contributed by atoms with Gasteiger partial charge in [-0.15, -0.1) is 11.3 Å². The van der Waals surface area contributed by atoms with Crippen LogP contribution < -0.4 is 0 Å². The van der Waals surface area contributed by atoms with E-state index in [2.05, 4.69) is 20.9 Å². The highest BCUT2D eigenvalue weighted by Crippen LogP contribution is 2.32. The summed E-state index contributed by atoms with van der Waals surface area (Å²) in [6.45, 7) is 0. The minimum Gasteiger partial charge on any atom is -0.243 e. The molecule has 0 amide bonds. The van der Waals surface area contributed by atoms with Gasteiger partial charge in [0.15, 0.2) is 0 Å². The van der Waals surface area contributed by atoms with Gasteiger partial charge in [-0.05, 0) is 28.1 Å². The van der Waals surface area contributed by atoms with Crippen molar-refractivity contribution in [3.8, 4) is 10.6 Å². The van der Waals surface area contributed by atoms with E-state index in [4.69, 9.17) is 0 Å². The Labute approximate surface area is 102 Å². The first-order valence-electron chi connectivity index (χ1n) is 4.26. The van der Waals surface area contributed by atoms with Crippen LogP contribution in [-0.2, 0) is 6.18 Å². The molecule has 6 heteroatoms. The van der Waals surface area contributed by atoms with E-state index in [-0.39, 0.29) is 0 Å². The average Bonchev–Trinajstić information content (AvgIpc) is 2.64. The molecule has 1 aromatic carbocycles. The topological polar surface area (TPSA) is 12.9 Å². The maximum atomic E-state index is 12.3. The van der Waals surface area contributed by atoms with Gasteiger partial charge < -0.3 is 0 Å². The number of halogens is 4. The molecule has 1 nitrogen and oxygen atoms in total. The second-order valence-corrected chi connectivity index (χ2v) is 5.45. The number of rotatable bonds is 1. The van der Waals surface area contributed by atoms with E-state index in [1.807, 2.05) is 0 Å². The van der Waals surface area contributed by atoms with E-state index < -0.39 is 11.7 Å². The third-order valence-electron chi connectivity index (χ3n) is 1.94. The smallest absolute Gasteiger partial charge is 0.243 e. The highest BCUT2D eigenvalue weighted by atomic mass is 79.9. The summed E-state index contributed by atoms with van der Waals surface area (Å²) in [7, 11) is 0. The summed E-state index contributed by atoms with van der Waals surface area (Å²) < 4.78 is 37.8. The monoisotopic (exact) mass is 307 g/mol. The highest BCUT2D eigenvalue weighted by Gasteiger charge is 2.30. The van der Waals surface area contributed by atoms with E-state index in [1.54, 1.807) is 6.20 Å². The number of aromatic nitrogens is 1. The lowest BCUT2D eigenvalue weighted by Gasteiger charge is -2.06. The van der Waals surface area contributed by atoms with Gasteiger partial charge in [0.05, 0.1) is 15.5 Å². The molecule has 0 saturated heterocycles. The van der Waals surface area contributed by atoms with Crippen LogP contribution in [0, 0.1) is 0 Å². The number of thiazole rings is 1. The number of nitrogens with zero attached hydrogens (tertiary/aromatic N) is 1. The zero-order chi connectivity index (χ0) is 11.8. The molecule has 0 N–H and O–H groups in total. The van der Waals surface area contributed by atoms with Crippen molar-refractivity contribution in [2.75, 3.05) is 0 Å². The third kappa shape index (κ3) is 2.44. The predicted octanol–water partition coefficient (Wildman–Crippen LogP) is 4.59. The van der Waals surface area contributed by atoms with Crippen molar-refractivity contribution in [2.24, 2.45) is 0 Å². The fraction of sp³-hybridized carbons (Fsp3) is 0.100. The van der Waals surface area contributed by atoms with Gasteiger partial charge in [0.1, 0.15) is 5.01 Å². The van der Waals surface area contributed by atoms with Crippen molar-refractivity contribution in [3.63, 3.8) is 0 Å². The van der Waals surface area contributed by atoms with Crippen LogP contribution in [0.25, 0.3) is 10.6 Å². The molecule has 2 aromatic rings. The average molecular weight is 308 g/mol. The van der Waals surface area contributed by atoms with Crippen LogP contribution in [0.1, 0.15) is 5.56 Å².